The predicted molar refractivity (Wildman–Crippen MR) is 79.0 cm³/mol. The Morgan fingerprint density at radius 1 is 1.20 bits per heavy atom. The van der Waals surface area contributed by atoms with Gasteiger partial charge < -0.3 is 5.32 Å². The average molecular weight is 291 g/mol. The lowest BCUT2D eigenvalue weighted by atomic mass is 10.1. The monoisotopic (exact) mass is 291 g/mol. The van der Waals surface area contributed by atoms with Gasteiger partial charge in [-0.15, -0.1) is 0 Å². The number of rotatable bonds is 5. The van der Waals surface area contributed by atoms with Crippen molar-refractivity contribution in [3.05, 3.63) is 54.4 Å². The summed E-state index contributed by atoms with van der Waals surface area (Å²) in [5, 5.41) is 3.28. The normalized spacial score (nSPS) is 12.9. The molecule has 0 bridgehead atoms. The van der Waals surface area contributed by atoms with Crippen LogP contribution in [-0.2, 0) is 10.0 Å². The molecule has 1 atom stereocenters. The number of pyridine rings is 1. The molecule has 5 nitrogen and oxygen atoms in total. The lowest BCUT2D eigenvalue weighted by Crippen LogP contribution is -2.19. The molecule has 0 unspecified atom stereocenters. The lowest BCUT2D eigenvalue weighted by molar-refractivity contribution is 0.588. The minimum atomic E-state index is -3.42. The molecular weight excluding hydrogens is 274 g/mol. The van der Waals surface area contributed by atoms with E-state index in [0.717, 1.165) is 11.3 Å². The fraction of sp³-hybridized carbons (Fsp3) is 0.214. The quantitative estimate of drug-likeness (QED) is 0.885. The molecule has 0 saturated carbocycles. The number of benzene rings is 1. The summed E-state index contributed by atoms with van der Waals surface area (Å²) in [4.78, 5) is 4.29. The van der Waals surface area contributed by atoms with E-state index in [4.69, 9.17) is 0 Å². The van der Waals surface area contributed by atoms with Crippen molar-refractivity contribution < 1.29 is 8.42 Å². The summed E-state index contributed by atoms with van der Waals surface area (Å²) >= 11 is 0. The molecular formula is C14H17N3O2S. The minimum absolute atomic E-state index is 0.0220. The summed E-state index contributed by atoms with van der Waals surface area (Å²) in [6.07, 6.45) is 3.43. The van der Waals surface area contributed by atoms with Gasteiger partial charge in [-0.2, -0.15) is 0 Å². The smallest absolute Gasteiger partial charge is 0.240 e. The fourth-order valence-electron chi connectivity index (χ4n) is 1.85. The van der Waals surface area contributed by atoms with E-state index in [1.54, 1.807) is 30.6 Å². The Kier molecular flexibility index (Phi) is 4.36. The van der Waals surface area contributed by atoms with Crippen molar-refractivity contribution in [1.29, 1.82) is 0 Å². The first kappa shape index (κ1) is 14.5. The van der Waals surface area contributed by atoms with Crippen molar-refractivity contribution in [2.75, 3.05) is 12.4 Å². The van der Waals surface area contributed by atoms with Gasteiger partial charge in [0.1, 0.15) is 0 Å². The van der Waals surface area contributed by atoms with E-state index in [9.17, 15) is 8.42 Å². The van der Waals surface area contributed by atoms with Gasteiger partial charge in [0, 0.05) is 18.4 Å². The van der Waals surface area contributed by atoms with Crippen molar-refractivity contribution in [3.63, 3.8) is 0 Å². The van der Waals surface area contributed by atoms with Gasteiger partial charge in [0.05, 0.1) is 10.6 Å². The van der Waals surface area contributed by atoms with E-state index < -0.39 is 10.0 Å². The van der Waals surface area contributed by atoms with Gasteiger partial charge in [-0.1, -0.05) is 12.1 Å². The third-order valence-corrected chi connectivity index (χ3v) is 4.39. The van der Waals surface area contributed by atoms with Gasteiger partial charge in [0.25, 0.3) is 0 Å². The third-order valence-electron chi connectivity index (χ3n) is 2.98. The first-order valence-corrected chi connectivity index (χ1v) is 7.71. The molecule has 106 valence electrons. The van der Waals surface area contributed by atoms with Crippen LogP contribution in [-0.4, -0.2) is 20.4 Å². The van der Waals surface area contributed by atoms with Gasteiger partial charge in [-0.3, -0.25) is 4.98 Å². The van der Waals surface area contributed by atoms with Crippen LogP contribution >= 0.6 is 0 Å². The van der Waals surface area contributed by atoms with Crippen LogP contribution in [0.1, 0.15) is 18.5 Å². The molecule has 0 saturated heterocycles. The molecule has 1 heterocycles. The molecule has 1 aromatic heterocycles. The first-order chi connectivity index (χ1) is 9.53. The molecule has 0 fully saturated rings. The standard InChI is InChI=1S/C14H17N3O2S/c1-11(17-13-6-4-8-16-10-13)12-5-3-7-14(9-12)20(18,19)15-2/h3-11,15,17H,1-2H3/t11-/m1/s1. The highest BCUT2D eigenvalue weighted by Crippen LogP contribution is 2.21. The summed E-state index contributed by atoms with van der Waals surface area (Å²) in [6, 6.07) is 10.6. The first-order valence-electron chi connectivity index (χ1n) is 6.23. The molecule has 0 aliphatic heterocycles. The van der Waals surface area contributed by atoms with Crippen LogP contribution in [0.2, 0.25) is 0 Å². The second kappa shape index (κ2) is 6.02. The van der Waals surface area contributed by atoms with Crippen LogP contribution in [0.15, 0.2) is 53.7 Å². The van der Waals surface area contributed by atoms with E-state index in [0.29, 0.717) is 0 Å². The number of hydrogen-bond donors (Lipinski definition) is 2. The minimum Gasteiger partial charge on any atom is -0.377 e. The van der Waals surface area contributed by atoms with Crippen molar-refractivity contribution in [3.8, 4) is 0 Å². The van der Waals surface area contributed by atoms with Crippen molar-refractivity contribution in [2.45, 2.75) is 17.9 Å². The SMILES string of the molecule is CNS(=O)(=O)c1cccc([C@@H](C)Nc2cccnc2)c1. The number of aromatic nitrogens is 1. The van der Waals surface area contributed by atoms with E-state index >= 15 is 0 Å². The second-order valence-electron chi connectivity index (χ2n) is 4.39. The van der Waals surface area contributed by atoms with E-state index in [2.05, 4.69) is 15.0 Å². The van der Waals surface area contributed by atoms with Gasteiger partial charge in [-0.05, 0) is 43.8 Å². The van der Waals surface area contributed by atoms with E-state index in [-0.39, 0.29) is 10.9 Å². The van der Waals surface area contributed by atoms with Gasteiger partial charge in [-0.25, -0.2) is 13.1 Å². The second-order valence-corrected chi connectivity index (χ2v) is 6.27. The average Bonchev–Trinajstić information content (AvgIpc) is 2.48. The number of anilines is 1. The fourth-order valence-corrected chi connectivity index (χ4v) is 2.64. The maximum atomic E-state index is 11.8. The van der Waals surface area contributed by atoms with Crippen molar-refractivity contribution >= 4 is 15.7 Å². The Morgan fingerprint density at radius 2 is 2.00 bits per heavy atom. The van der Waals surface area contributed by atoms with Crippen molar-refractivity contribution in [1.82, 2.24) is 9.71 Å². The molecule has 20 heavy (non-hydrogen) atoms. The Bertz CT molecular complexity index is 672. The van der Waals surface area contributed by atoms with Crippen LogP contribution in [0.5, 0.6) is 0 Å². The molecule has 0 amide bonds. The van der Waals surface area contributed by atoms with Crippen LogP contribution in [0.25, 0.3) is 0 Å². The Morgan fingerprint density at radius 3 is 2.65 bits per heavy atom. The number of hydrogen-bond acceptors (Lipinski definition) is 4. The maximum Gasteiger partial charge on any atom is 0.240 e. The topological polar surface area (TPSA) is 71.1 Å². The third kappa shape index (κ3) is 3.34. The summed E-state index contributed by atoms with van der Waals surface area (Å²) < 4.78 is 25.9. The van der Waals surface area contributed by atoms with Gasteiger partial charge in [0.15, 0.2) is 0 Å². The molecule has 6 heteroatoms. The van der Waals surface area contributed by atoms with E-state index in [1.807, 2.05) is 25.1 Å². The molecule has 2 aromatic rings. The molecule has 0 aliphatic rings. The summed E-state index contributed by atoms with van der Waals surface area (Å²) in [7, 11) is -2.02. The summed E-state index contributed by atoms with van der Waals surface area (Å²) in [5.41, 5.74) is 1.78. The number of nitrogens with zero attached hydrogens (tertiary/aromatic N) is 1. The highest BCUT2D eigenvalue weighted by molar-refractivity contribution is 7.89. The van der Waals surface area contributed by atoms with Crippen LogP contribution in [0.3, 0.4) is 0 Å². The zero-order valence-electron chi connectivity index (χ0n) is 11.4. The number of sulfonamides is 1. The maximum absolute atomic E-state index is 11.8. The number of nitrogens with one attached hydrogen (secondary N) is 2. The van der Waals surface area contributed by atoms with Crippen LogP contribution in [0.4, 0.5) is 5.69 Å². The summed E-state index contributed by atoms with van der Waals surface area (Å²) in [6.45, 7) is 1.97. The van der Waals surface area contributed by atoms with Gasteiger partial charge >= 0.3 is 0 Å². The van der Waals surface area contributed by atoms with E-state index in [1.165, 1.54) is 7.05 Å². The molecule has 2 rings (SSSR count). The highest BCUT2D eigenvalue weighted by Gasteiger charge is 2.13. The Balaban J connectivity index is 2.23. The van der Waals surface area contributed by atoms with Gasteiger partial charge in [0.2, 0.25) is 10.0 Å². The van der Waals surface area contributed by atoms with Crippen LogP contribution < -0.4 is 10.0 Å². The summed E-state index contributed by atoms with van der Waals surface area (Å²) in [5.74, 6) is 0. The molecule has 0 radical (unpaired) electrons. The zero-order valence-corrected chi connectivity index (χ0v) is 12.2. The molecule has 1 aromatic carbocycles. The van der Waals surface area contributed by atoms with Crippen molar-refractivity contribution in [2.24, 2.45) is 0 Å². The molecule has 0 spiro atoms. The predicted octanol–water partition coefficient (Wildman–Crippen LogP) is 2.16. The lowest BCUT2D eigenvalue weighted by Gasteiger charge is -2.16. The Hall–Kier alpha value is -1.92. The highest BCUT2D eigenvalue weighted by atomic mass is 32.2. The zero-order chi connectivity index (χ0) is 14.6. The van der Waals surface area contributed by atoms with Crippen LogP contribution in [0, 0.1) is 0 Å². The Labute approximate surface area is 119 Å². The molecule has 0 aliphatic carbocycles. The molecule has 2 N–H and O–H groups in total. The largest absolute Gasteiger partial charge is 0.377 e.